The summed E-state index contributed by atoms with van der Waals surface area (Å²) in [6.07, 6.45) is 1.83. The summed E-state index contributed by atoms with van der Waals surface area (Å²) in [6, 6.07) is 4.71. The molecule has 0 unspecified atom stereocenters. The third kappa shape index (κ3) is 4.30. The van der Waals surface area contributed by atoms with Crippen molar-refractivity contribution < 1.29 is 22.0 Å². The summed E-state index contributed by atoms with van der Waals surface area (Å²) in [7, 11) is -4.63. The molecule has 1 fully saturated rings. The van der Waals surface area contributed by atoms with Crippen LogP contribution in [0.4, 0.5) is 8.78 Å². The van der Waals surface area contributed by atoms with Crippen molar-refractivity contribution in [3.8, 4) is 0 Å². The summed E-state index contributed by atoms with van der Waals surface area (Å²) in [5.41, 5.74) is 0.313. The van der Waals surface area contributed by atoms with Gasteiger partial charge in [0.15, 0.2) is 0 Å². The second kappa shape index (κ2) is 8.02. The van der Waals surface area contributed by atoms with Gasteiger partial charge in [-0.2, -0.15) is 8.78 Å². The maximum absolute atomic E-state index is 12.5. The van der Waals surface area contributed by atoms with Crippen molar-refractivity contribution in [3.63, 3.8) is 0 Å². The average molecular weight is 360 g/mol. The first-order chi connectivity index (χ1) is 11.4. The van der Waals surface area contributed by atoms with Gasteiger partial charge in [-0.1, -0.05) is 6.92 Å². The second-order valence-electron chi connectivity index (χ2n) is 5.87. The summed E-state index contributed by atoms with van der Waals surface area (Å²) in [5, 5.41) is 3.30. The van der Waals surface area contributed by atoms with Crippen LogP contribution in [-0.2, 0) is 9.84 Å². The second-order valence-corrected chi connectivity index (χ2v) is 7.79. The average Bonchev–Trinajstić information content (AvgIpc) is 2.59. The number of likely N-dealkylation sites (tertiary alicyclic amines) is 1. The third-order valence-corrected chi connectivity index (χ3v) is 5.65. The molecule has 0 aliphatic carbocycles. The van der Waals surface area contributed by atoms with Crippen LogP contribution in [0, 0.1) is 5.92 Å². The first-order valence-electron chi connectivity index (χ1n) is 7.98. The number of hydrogen-bond acceptors (Lipinski definition) is 4. The highest BCUT2D eigenvalue weighted by molar-refractivity contribution is 7.91. The molecule has 134 valence electrons. The molecule has 2 rings (SSSR count). The Labute approximate surface area is 141 Å². The maximum Gasteiger partial charge on any atom is 0.341 e. The van der Waals surface area contributed by atoms with Crippen LogP contribution >= 0.6 is 0 Å². The number of rotatable bonds is 6. The van der Waals surface area contributed by atoms with Crippen LogP contribution in [0.3, 0.4) is 0 Å². The van der Waals surface area contributed by atoms with Crippen LogP contribution in [0.1, 0.15) is 30.1 Å². The van der Waals surface area contributed by atoms with Crippen LogP contribution in [-0.4, -0.2) is 51.2 Å². The normalized spacial score (nSPS) is 16.6. The summed E-state index contributed by atoms with van der Waals surface area (Å²) in [4.78, 5) is 13.7. The fourth-order valence-corrected chi connectivity index (χ4v) is 3.48. The molecule has 1 aromatic carbocycles. The fraction of sp³-hybridized carbons (Fsp3) is 0.562. The molecule has 1 aromatic rings. The number of piperidine rings is 1. The van der Waals surface area contributed by atoms with E-state index in [-0.39, 0.29) is 5.91 Å². The molecule has 0 spiro atoms. The zero-order valence-corrected chi connectivity index (χ0v) is 14.4. The minimum atomic E-state index is -4.63. The van der Waals surface area contributed by atoms with Crippen molar-refractivity contribution >= 4 is 15.7 Å². The molecule has 24 heavy (non-hydrogen) atoms. The van der Waals surface area contributed by atoms with E-state index in [1.165, 1.54) is 12.1 Å². The van der Waals surface area contributed by atoms with Gasteiger partial charge in [-0.15, -0.1) is 0 Å². The fourth-order valence-electron chi connectivity index (χ4n) is 2.76. The van der Waals surface area contributed by atoms with Crippen molar-refractivity contribution in [1.82, 2.24) is 10.2 Å². The molecule has 0 atom stereocenters. The van der Waals surface area contributed by atoms with E-state index < -0.39 is 20.5 Å². The number of benzene rings is 1. The van der Waals surface area contributed by atoms with Crippen LogP contribution in [0.2, 0.25) is 0 Å². The molecular formula is C16H22F2N2O3S. The molecule has 1 aliphatic heterocycles. The molecule has 0 bridgehead atoms. The highest BCUT2D eigenvalue weighted by atomic mass is 32.2. The van der Waals surface area contributed by atoms with Gasteiger partial charge in [0.25, 0.3) is 5.91 Å². The van der Waals surface area contributed by atoms with Gasteiger partial charge in [0.2, 0.25) is 9.84 Å². The van der Waals surface area contributed by atoms with Gasteiger partial charge in [0, 0.05) is 18.7 Å². The number of carbonyl (C=O) groups is 1. The lowest BCUT2D eigenvalue weighted by Gasteiger charge is -2.32. The number of nitrogens with zero attached hydrogens (tertiary/aromatic N) is 1. The molecule has 1 saturated heterocycles. The molecule has 5 nitrogen and oxygen atoms in total. The topological polar surface area (TPSA) is 66.5 Å². The zero-order valence-electron chi connectivity index (χ0n) is 13.5. The first-order valence-corrected chi connectivity index (χ1v) is 9.53. The van der Waals surface area contributed by atoms with E-state index in [0.717, 1.165) is 38.1 Å². The predicted octanol–water partition coefficient (Wildman–Crippen LogP) is 2.14. The molecule has 0 aromatic heterocycles. The first kappa shape index (κ1) is 18.8. The van der Waals surface area contributed by atoms with Gasteiger partial charge in [-0.05, 0) is 56.1 Å². The molecule has 0 saturated carbocycles. The van der Waals surface area contributed by atoms with Crippen LogP contribution in [0.15, 0.2) is 29.2 Å². The number of nitrogens with one attached hydrogen (secondary N) is 1. The van der Waals surface area contributed by atoms with Crippen molar-refractivity contribution in [2.24, 2.45) is 5.92 Å². The van der Waals surface area contributed by atoms with E-state index in [2.05, 4.69) is 12.2 Å². The van der Waals surface area contributed by atoms with E-state index >= 15 is 0 Å². The summed E-state index contributed by atoms with van der Waals surface area (Å²) in [6.45, 7) is 5.21. The Hall–Kier alpha value is -1.54. The molecule has 1 aliphatic rings. The van der Waals surface area contributed by atoms with E-state index in [1.807, 2.05) is 0 Å². The maximum atomic E-state index is 12.5. The molecule has 1 amide bonds. The molecule has 8 heteroatoms. The third-order valence-electron chi connectivity index (χ3n) is 4.25. The lowest BCUT2D eigenvalue weighted by molar-refractivity contribution is 0.0690. The number of halogens is 2. The van der Waals surface area contributed by atoms with Crippen LogP contribution in [0.5, 0.6) is 0 Å². The standard InChI is InChI=1S/C16H22F2N2O3S/c1-2-19-11-12-7-9-20(10-8-12)15(21)13-3-5-14(6-4-13)24(22,23)16(17)18/h3-6,12,16,19H,2,7-11H2,1H3. The number of carbonyl (C=O) groups excluding carboxylic acids is 1. The highest BCUT2D eigenvalue weighted by Crippen LogP contribution is 2.21. The zero-order chi connectivity index (χ0) is 17.7. The largest absolute Gasteiger partial charge is 0.341 e. The van der Waals surface area contributed by atoms with E-state index in [4.69, 9.17) is 0 Å². The SMILES string of the molecule is CCNCC1CCN(C(=O)c2ccc(S(=O)(=O)C(F)F)cc2)CC1. The van der Waals surface area contributed by atoms with Crippen molar-refractivity contribution in [3.05, 3.63) is 29.8 Å². The summed E-state index contributed by atoms with van der Waals surface area (Å²) >= 11 is 0. The lowest BCUT2D eigenvalue weighted by Crippen LogP contribution is -2.40. The Morgan fingerprint density at radius 3 is 2.33 bits per heavy atom. The van der Waals surface area contributed by atoms with Gasteiger partial charge in [-0.3, -0.25) is 4.79 Å². The monoisotopic (exact) mass is 360 g/mol. The van der Waals surface area contributed by atoms with Gasteiger partial charge in [0.1, 0.15) is 0 Å². The Kier molecular flexibility index (Phi) is 6.28. The molecule has 1 N–H and O–H groups in total. The van der Waals surface area contributed by atoms with Gasteiger partial charge < -0.3 is 10.2 Å². The Bertz CT molecular complexity index is 654. The predicted molar refractivity (Wildman–Crippen MR) is 86.8 cm³/mol. The molecule has 1 heterocycles. The Balaban J connectivity index is 1.99. The van der Waals surface area contributed by atoms with E-state index in [9.17, 15) is 22.0 Å². The van der Waals surface area contributed by atoms with Crippen molar-refractivity contribution in [2.45, 2.75) is 30.4 Å². The molecule has 0 radical (unpaired) electrons. The molecular weight excluding hydrogens is 338 g/mol. The Morgan fingerprint density at radius 2 is 1.83 bits per heavy atom. The number of amides is 1. The van der Waals surface area contributed by atoms with Crippen LogP contribution in [0.25, 0.3) is 0 Å². The van der Waals surface area contributed by atoms with E-state index in [1.54, 1.807) is 4.90 Å². The van der Waals surface area contributed by atoms with Gasteiger partial charge in [-0.25, -0.2) is 8.42 Å². The van der Waals surface area contributed by atoms with Crippen LogP contribution < -0.4 is 5.32 Å². The number of sulfone groups is 1. The minimum absolute atomic E-state index is 0.196. The highest BCUT2D eigenvalue weighted by Gasteiger charge is 2.27. The summed E-state index contributed by atoms with van der Waals surface area (Å²) in [5.74, 6) is -3.11. The quantitative estimate of drug-likeness (QED) is 0.844. The van der Waals surface area contributed by atoms with Gasteiger partial charge >= 0.3 is 5.76 Å². The van der Waals surface area contributed by atoms with Crippen molar-refractivity contribution in [2.75, 3.05) is 26.2 Å². The number of hydrogen-bond donors (Lipinski definition) is 1. The van der Waals surface area contributed by atoms with Crippen molar-refractivity contribution in [1.29, 1.82) is 0 Å². The summed E-state index contributed by atoms with van der Waals surface area (Å²) < 4.78 is 47.8. The number of alkyl halides is 2. The van der Waals surface area contributed by atoms with Gasteiger partial charge in [0.05, 0.1) is 4.90 Å². The lowest BCUT2D eigenvalue weighted by atomic mass is 9.96. The van der Waals surface area contributed by atoms with E-state index in [0.29, 0.717) is 24.6 Å². The minimum Gasteiger partial charge on any atom is -0.339 e. The Morgan fingerprint density at radius 1 is 1.25 bits per heavy atom. The smallest absolute Gasteiger partial charge is 0.339 e.